The second-order valence-corrected chi connectivity index (χ2v) is 9.56. The van der Waals surface area contributed by atoms with E-state index in [-0.39, 0.29) is 23.0 Å². The maximum atomic E-state index is 14.5. The fourth-order valence-electron chi connectivity index (χ4n) is 4.49. The van der Waals surface area contributed by atoms with Gasteiger partial charge in [0.15, 0.2) is 0 Å². The van der Waals surface area contributed by atoms with E-state index in [9.17, 15) is 23.2 Å². The number of benzene rings is 3. The first kappa shape index (κ1) is 24.6. The van der Waals surface area contributed by atoms with Crippen LogP contribution in [0, 0.1) is 11.6 Å². The van der Waals surface area contributed by atoms with E-state index in [1.807, 2.05) is 19.9 Å². The van der Waals surface area contributed by atoms with Crippen LogP contribution in [-0.2, 0) is 6.54 Å². The molecular formula is C29H21ClF2N2O3. The Balaban J connectivity index is 1.63. The van der Waals surface area contributed by atoms with Gasteiger partial charge in [-0.3, -0.25) is 19.3 Å². The van der Waals surface area contributed by atoms with Crippen LogP contribution in [0.25, 0.3) is 5.69 Å². The van der Waals surface area contributed by atoms with Crippen LogP contribution < -0.4 is 0 Å². The fraction of sp³-hybridized carbons (Fsp3) is 0.138. The highest BCUT2D eigenvalue weighted by molar-refractivity contribution is 6.31. The molecule has 0 saturated heterocycles. The van der Waals surface area contributed by atoms with Gasteiger partial charge >= 0.3 is 0 Å². The van der Waals surface area contributed by atoms with Crippen LogP contribution in [0.3, 0.4) is 0 Å². The number of rotatable bonds is 6. The number of carbonyl (C=O) groups excluding carboxylic acids is 3. The molecule has 8 heteroatoms. The quantitative estimate of drug-likeness (QED) is 0.214. The number of amides is 2. The number of halogens is 3. The molecule has 1 aliphatic heterocycles. The first-order valence-electron chi connectivity index (χ1n) is 11.6. The topological polar surface area (TPSA) is 59.4 Å². The number of carbonyl (C=O) groups is 3. The van der Waals surface area contributed by atoms with Crippen molar-refractivity contribution in [3.05, 3.63) is 123 Å². The molecule has 1 aliphatic rings. The number of hydrogen-bond acceptors (Lipinski definition) is 3. The summed E-state index contributed by atoms with van der Waals surface area (Å²) in [6.07, 6.45) is 1.79. The molecule has 5 rings (SSSR count). The van der Waals surface area contributed by atoms with Gasteiger partial charge in [-0.15, -0.1) is 0 Å². The third-order valence-corrected chi connectivity index (χ3v) is 6.67. The maximum Gasteiger partial charge on any atom is 0.261 e. The summed E-state index contributed by atoms with van der Waals surface area (Å²) in [5.74, 6) is -3.60. The lowest BCUT2D eigenvalue weighted by Gasteiger charge is -2.18. The third-order valence-electron chi connectivity index (χ3n) is 6.44. The molecule has 2 amide bonds. The highest BCUT2D eigenvalue weighted by Crippen LogP contribution is 2.31. The molecule has 2 heterocycles. The van der Waals surface area contributed by atoms with Crippen molar-refractivity contribution in [3.63, 3.8) is 0 Å². The van der Waals surface area contributed by atoms with Crippen LogP contribution in [0.4, 0.5) is 8.78 Å². The molecule has 3 aromatic carbocycles. The molecule has 37 heavy (non-hydrogen) atoms. The summed E-state index contributed by atoms with van der Waals surface area (Å²) in [5.41, 5.74) is 1.69. The highest BCUT2D eigenvalue weighted by atomic mass is 35.5. The fourth-order valence-corrected chi connectivity index (χ4v) is 4.66. The summed E-state index contributed by atoms with van der Waals surface area (Å²) in [6, 6.07) is 16.1. The van der Waals surface area contributed by atoms with Gasteiger partial charge in [-0.1, -0.05) is 43.6 Å². The van der Waals surface area contributed by atoms with Crippen LogP contribution in [0.5, 0.6) is 0 Å². The molecule has 0 radical (unpaired) electrons. The van der Waals surface area contributed by atoms with Crippen LogP contribution >= 0.6 is 11.6 Å². The zero-order valence-electron chi connectivity index (χ0n) is 20.0. The Morgan fingerprint density at radius 2 is 1.51 bits per heavy atom. The Morgan fingerprint density at radius 3 is 2.11 bits per heavy atom. The first-order chi connectivity index (χ1) is 17.7. The van der Waals surface area contributed by atoms with Gasteiger partial charge in [0.25, 0.3) is 11.8 Å². The van der Waals surface area contributed by atoms with E-state index in [4.69, 9.17) is 11.6 Å². The smallest absolute Gasteiger partial charge is 0.261 e. The number of ketones is 1. The van der Waals surface area contributed by atoms with Crippen LogP contribution in [0.2, 0.25) is 5.02 Å². The van der Waals surface area contributed by atoms with Crippen molar-refractivity contribution >= 4 is 29.2 Å². The molecule has 0 aliphatic carbocycles. The molecule has 0 spiro atoms. The molecule has 5 nitrogen and oxygen atoms in total. The molecule has 0 bridgehead atoms. The van der Waals surface area contributed by atoms with Gasteiger partial charge in [0, 0.05) is 22.5 Å². The largest absolute Gasteiger partial charge is 0.318 e. The van der Waals surface area contributed by atoms with Gasteiger partial charge in [0.2, 0.25) is 5.78 Å². The standard InChI is InChI=1S/C29H21ClF2N2O3/c1-16(2)17-12-19(15-34-28(36)20-6-3-4-7-21(20)29(34)37)33(14-17)25-11-10-18(30)13-22(25)27(35)26-23(31)8-5-9-24(26)32/h3-14,16H,15H2,1-2H3. The second-order valence-electron chi connectivity index (χ2n) is 9.12. The van der Waals surface area contributed by atoms with Crippen molar-refractivity contribution in [2.75, 3.05) is 0 Å². The van der Waals surface area contributed by atoms with Crippen molar-refractivity contribution < 1.29 is 23.2 Å². The summed E-state index contributed by atoms with van der Waals surface area (Å²) < 4.78 is 30.7. The van der Waals surface area contributed by atoms with E-state index >= 15 is 0 Å². The zero-order valence-corrected chi connectivity index (χ0v) is 20.7. The second kappa shape index (κ2) is 9.41. The lowest BCUT2D eigenvalue weighted by molar-refractivity contribution is 0.0639. The SMILES string of the molecule is CC(C)c1cc(CN2C(=O)c3ccccc3C2=O)n(-c2ccc(Cl)cc2C(=O)c2c(F)cccc2F)c1. The highest BCUT2D eigenvalue weighted by Gasteiger charge is 2.36. The predicted molar refractivity (Wildman–Crippen MR) is 135 cm³/mol. The average Bonchev–Trinajstić information content (AvgIpc) is 3.39. The molecule has 0 N–H and O–H groups in total. The van der Waals surface area contributed by atoms with Gasteiger partial charge in [-0.05, 0) is 60.0 Å². The molecule has 0 fully saturated rings. The number of hydrogen-bond donors (Lipinski definition) is 0. The van der Waals surface area contributed by atoms with Crippen molar-refractivity contribution in [1.82, 2.24) is 9.47 Å². The summed E-state index contributed by atoms with van der Waals surface area (Å²) in [7, 11) is 0. The minimum Gasteiger partial charge on any atom is -0.318 e. The Kier molecular flexibility index (Phi) is 6.25. The lowest BCUT2D eigenvalue weighted by atomic mass is 10.00. The molecule has 0 unspecified atom stereocenters. The average molecular weight is 519 g/mol. The molecule has 1 aromatic heterocycles. The van der Waals surface area contributed by atoms with Gasteiger partial charge < -0.3 is 4.57 Å². The zero-order chi connectivity index (χ0) is 26.4. The Labute approximate surface area is 216 Å². The number of aromatic nitrogens is 1. The van der Waals surface area contributed by atoms with E-state index in [0.717, 1.165) is 22.6 Å². The monoisotopic (exact) mass is 518 g/mol. The van der Waals surface area contributed by atoms with Gasteiger partial charge in [0.05, 0.1) is 28.9 Å². The van der Waals surface area contributed by atoms with Crippen molar-refractivity contribution in [2.24, 2.45) is 0 Å². The maximum absolute atomic E-state index is 14.5. The van der Waals surface area contributed by atoms with Crippen molar-refractivity contribution in [1.29, 1.82) is 0 Å². The minimum atomic E-state index is -0.988. The van der Waals surface area contributed by atoms with Crippen LogP contribution in [-0.4, -0.2) is 27.1 Å². The summed E-state index contributed by atoms with van der Waals surface area (Å²) in [6.45, 7) is 3.89. The summed E-state index contributed by atoms with van der Waals surface area (Å²) >= 11 is 6.19. The summed E-state index contributed by atoms with van der Waals surface area (Å²) in [5, 5.41) is 0.210. The number of nitrogens with zero attached hydrogens (tertiary/aromatic N) is 2. The molecule has 4 aromatic rings. The predicted octanol–water partition coefficient (Wildman–Crippen LogP) is 6.56. The van der Waals surface area contributed by atoms with Crippen molar-refractivity contribution in [2.45, 2.75) is 26.3 Å². The van der Waals surface area contributed by atoms with Gasteiger partial charge in [-0.25, -0.2) is 8.78 Å². The van der Waals surface area contributed by atoms with Crippen LogP contribution in [0.1, 0.15) is 67.7 Å². The molecular weight excluding hydrogens is 498 g/mol. The van der Waals surface area contributed by atoms with E-state index in [1.54, 1.807) is 47.2 Å². The molecule has 186 valence electrons. The Bertz CT molecular complexity index is 1540. The van der Waals surface area contributed by atoms with E-state index in [1.165, 1.54) is 12.1 Å². The number of imide groups is 1. The first-order valence-corrected chi connectivity index (χ1v) is 12.0. The van der Waals surface area contributed by atoms with Gasteiger partial charge in [0.1, 0.15) is 11.6 Å². The van der Waals surface area contributed by atoms with E-state index in [2.05, 4.69) is 0 Å². The summed E-state index contributed by atoms with van der Waals surface area (Å²) in [4.78, 5) is 40.6. The van der Waals surface area contributed by atoms with Crippen LogP contribution in [0.15, 0.2) is 72.9 Å². The lowest BCUT2D eigenvalue weighted by Crippen LogP contribution is -2.30. The third kappa shape index (κ3) is 4.25. The molecule has 0 atom stereocenters. The van der Waals surface area contributed by atoms with E-state index < -0.39 is 34.8 Å². The number of fused-ring (bicyclic) bond motifs is 1. The van der Waals surface area contributed by atoms with E-state index in [0.29, 0.717) is 22.5 Å². The van der Waals surface area contributed by atoms with Crippen molar-refractivity contribution in [3.8, 4) is 5.69 Å². The Hall–Kier alpha value is -4.10. The normalized spacial score (nSPS) is 13.0. The van der Waals surface area contributed by atoms with Gasteiger partial charge in [-0.2, -0.15) is 0 Å². The Morgan fingerprint density at radius 1 is 0.892 bits per heavy atom. The minimum absolute atomic E-state index is 0.0222. The molecule has 0 saturated carbocycles.